The molecule has 2 unspecified atom stereocenters. The first-order chi connectivity index (χ1) is 12.8. The van der Waals surface area contributed by atoms with Gasteiger partial charge in [-0.15, -0.1) is 0 Å². The van der Waals surface area contributed by atoms with Gasteiger partial charge in [0.15, 0.2) is 17.6 Å². The van der Waals surface area contributed by atoms with Gasteiger partial charge in [0.2, 0.25) is 0 Å². The largest absolute Gasteiger partial charge is 0.485 e. The Labute approximate surface area is 160 Å². The number of pyridine rings is 1. The molecule has 8 heteroatoms. The zero-order chi connectivity index (χ0) is 19.8. The van der Waals surface area contributed by atoms with Crippen molar-refractivity contribution in [3.05, 3.63) is 40.3 Å². The van der Waals surface area contributed by atoms with Crippen molar-refractivity contribution in [2.24, 2.45) is 7.05 Å². The summed E-state index contributed by atoms with van der Waals surface area (Å²) >= 11 is 0. The van der Waals surface area contributed by atoms with Crippen LogP contribution in [-0.4, -0.2) is 48.9 Å². The van der Waals surface area contributed by atoms with Crippen molar-refractivity contribution in [2.45, 2.75) is 17.9 Å². The summed E-state index contributed by atoms with van der Waals surface area (Å²) in [6.45, 7) is 2.52. The second-order valence-electron chi connectivity index (χ2n) is 6.60. The molecule has 148 valence electrons. The third-order valence-corrected chi connectivity index (χ3v) is 6.28. The fourth-order valence-corrected chi connectivity index (χ4v) is 3.88. The molecule has 0 fully saturated rings. The molecule has 2 heterocycles. The molecule has 0 saturated heterocycles. The Balaban J connectivity index is 2.20. The van der Waals surface area contributed by atoms with Gasteiger partial charge in [0.05, 0.1) is 18.6 Å². The van der Waals surface area contributed by atoms with Crippen LogP contribution in [-0.2, 0) is 16.0 Å². The number of nitrogens with zero attached hydrogens (tertiary/aromatic N) is 1. The highest BCUT2D eigenvalue weighted by molar-refractivity contribution is 8.24. The van der Waals surface area contributed by atoms with E-state index in [0.717, 1.165) is 11.1 Å². The van der Waals surface area contributed by atoms with Crippen LogP contribution in [0.5, 0.6) is 11.5 Å². The van der Waals surface area contributed by atoms with Crippen molar-refractivity contribution in [3.63, 3.8) is 0 Å². The molecule has 7 nitrogen and oxygen atoms in total. The lowest BCUT2D eigenvalue weighted by Gasteiger charge is -2.35. The average Bonchev–Trinajstić information content (AvgIpc) is 2.64. The van der Waals surface area contributed by atoms with Crippen molar-refractivity contribution in [2.75, 3.05) is 33.7 Å². The van der Waals surface area contributed by atoms with Crippen LogP contribution in [0, 0.1) is 6.92 Å². The Kier molecular flexibility index (Phi) is 5.53. The molecule has 3 rings (SSSR count). The van der Waals surface area contributed by atoms with Gasteiger partial charge in [0.25, 0.3) is 5.56 Å². The summed E-state index contributed by atoms with van der Waals surface area (Å²) < 4.78 is 34.7. The molecule has 0 spiro atoms. The fourth-order valence-electron chi connectivity index (χ4n) is 3.03. The van der Waals surface area contributed by atoms with E-state index in [4.69, 9.17) is 18.4 Å². The van der Waals surface area contributed by atoms with E-state index >= 15 is 0 Å². The highest BCUT2D eigenvalue weighted by atomic mass is 32.3. The van der Waals surface area contributed by atoms with Crippen LogP contribution < -0.4 is 15.0 Å². The molecular formula is C19H25NO6S. The Hall–Kier alpha value is -2.00. The van der Waals surface area contributed by atoms with Gasteiger partial charge in [0, 0.05) is 49.4 Å². The summed E-state index contributed by atoms with van der Waals surface area (Å²) in [5, 5.41) is 0. The first kappa shape index (κ1) is 19.8. The minimum absolute atomic E-state index is 0.0596. The van der Waals surface area contributed by atoms with Gasteiger partial charge in [-0.2, -0.15) is 10.6 Å². The first-order valence-electron chi connectivity index (χ1n) is 8.47. The Morgan fingerprint density at radius 1 is 1.33 bits per heavy atom. The van der Waals surface area contributed by atoms with Crippen LogP contribution in [0.2, 0.25) is 0 Å². The Bertz CT molecular complexity index is 882. The maximum atomic E-state index is 12.1. The van der Waals surface area contributed by atoms with E-state index in [1.165, 1.54) is 11.7 Å². The standard InChI is InChI=1S/C19H25NO6S/c1-12-6-13(9-20(2)19(12)21)16-7-15(27(5,22)24-4)8-17-18(16)25-11-14(26-17)10-23-3/h6-9,14,22H,10-11H2,1-5H3. The van der Waals surface area contributed by atoms with Gasteiger partial charge in [-0.1, -0.05) is 0 Å². The maximum Gasteiger partial charge on any atom is 0.253 e. The molecule has 0 saturated carbocycles. The smallest absolute Gasteiger partial charge is 0.253 e. The van der Waals surface area contributed by atoms with E-state index < -0.39 is 10.6 Å². The van der Waals surface area contributed by atoms with E-state index in [1.54, 1.807) is 39.6 Å². The summed E-state index contributed by atoms with van der Waals surface area (Å²) in [7, 11) is 2.32. The lowest BCUT2D eigenvalue weighted by Crippen LogP contribution is -2.33. The second-order valence-corrected chi connectivity index (χ2v) is 9.01. The number of methoxy groups -OCH3 is 1. The zero-order valence-electron chi connectivity index (χ0n) is 16.1. The fraction of sp³-hybridized carbons (Fsp3) is 0.421. The minimum atomic E-state index is -2.46. The highest BCUT2D eigenvalue weighted by Gasteiger charge is 2.27. The first-order valence-corrected chi connectivity index (χ1v) is 10.4. The molecule has 2 aromatic rings. The minimum Gasteiger partial charge on any atom is -0.485 e. The van der Waals surface area contributed by atoms with Crippen LogP contribution in [0.4, 0.5) is 0 Å². The number of benzene rings is 1. The molecule has 1 aliphatic heterocycles. The number of ether oxygens (including phenoxy) is 3. The molecule has 0 bridgehead atoms. The monoisotopic (exact) mass is 395 g/mol. The van der Waals surface area contributed by atoms with E-state index in [1.807, 2.05) is 12.1 Å². The molecule has 1 aromatic carbocycles. The van der Waals surface area contributed by atoms with Crippen LogP contribution >= 0.6 is 10.6 Å². The third-order valence-electron chi connectivity index (χ3n) is 4.52. The Morgan fingerprint density at radius 2 is 2.07 bits per heavy atom. The van der Waals surface area contributed by atoms with E-state index in [9.17, 15) is 9.35 Å². The molecule has 1 N–H and O–H groups in total. The normalized spacial score (nSPS) is 19.4. The van der Waals surface area contributed by atoms with Gasteiger partial charge in [-0.3, -0.25) is 13.5 Å². The van der Waals surface area contributed by atoms with E-state index in [2.05, 4.69) is 0 Å². The highest BCUT2D eigenvalue weighted by Crippen LogP contribution is 2.54. The van der Waals surface area contributed by atoms with Crippen molar-refractivity contribution in [1.82, 2.24) is 4.57 Å². The molecule has 1 aliphatic rings. The van der Waals surface area contributed by atoms with Crippen molar-refractivity contribution >= 4 is 10.6 Å². The topological polar surface area (TPSA) is 79.2 Å². The van der Waals surface area contributed by atoms with E-state index in [-0.39, 0.29) is 11.7 Å². The number of rotatable bonds is 5. The van der Waals surface area contributed by atoms with Crippen molar-refractivity contribution < 1.29 is 22.9 Å². The third kappa shape index (κ3) is 3.84. The molecule has 1 aromatic heterocycles. The predicted molar refractivity (Wildman–Crippen MR) is 105 cm³/mol. The number of hydrogen-bond donors (Lipinski definition) is 1. The zero-order valence-corrected chi connectivity index (χ0v) is 17.0. The molecular weight excluding hydrogens is 370 g/mol. The molecule has 0 aliphatic carbocycles. The van der Waals surface area contributed by atoms with Gasteiger partial charge in [-0.05, 0) is 19.1 Å². The van der Waals surface area contributed by atoms with Crippen LogP contribution in [0.3, 0.4) is 0 Å². The van der Waals surface area contributed by atoms with E-state index in [0.29, 0.717) is 35.2 Å². The maximum absolute atomic E-state index is 12.1. The molecule has 27 heavy (non-hydrogen) atoms. The summed E-state index contributed by atoms with van der Waals surface area (Å²) in [5.41, 5.74) is 2.10. The second kappa shape index (κ2) is 7.55. The number of aromatic nitrogens is 1. The molecule has 0 amide bonds. The van der Waals surface area contributed by atoms with Gasteiger partial charge < -0.3 is 18.8 Å². The lowest BCUT2D eigenvalue weighted by atomic mass is 10.0. The summed E-state index contributed by atoms with van der Waals surface area (Å²) in [6.07, 6.45) is 3.15. The molecule has 2 atom stereocenters. The average molecular weight is 395 g/mol. The summed E-state index contributed by atoms with van der Waals surface area (Å²) in [4.78, 5) is 12.7. The number of hydrogen-bond acceptors (Lipinski definition) is 6. The predicted octanol–water partition coefficient (Wildman–Crippen LogP) is 2.97. The SMILES string of the molecule is COCC1COc2c(cc(S(C)(O)OC)cc2-c2cc(C)c(=O)n(C)c2)O1. The van der Waals surface area contributed by atoms with Gasteiger partial charge in [-0.25, -0.2) is 0 Å². The number of aryl methyl sites for hydroxylation is 2. The molecule has 0 radical (unpaired) electrons. The van der Waals surface area contributed by atoms with Crippen molar-refractivity contribution in [3.8, 4) is 22.6 Å². The van der Waals surface area contributed by atoms with Gasteiger partial charge in [0.1, 0.15) is 6.61 Å². The lowest BCUT2D eigenvalue weighted by molar-refractivity contribution is 0.0273. The van der Waals surface area contributed by atoms with Crippen molar-refractivity contribution in [1.29, 1.82) is 0 Å². The van der Waals surface area contributed by atoms with Crippen LogP contribution in [0.15, 0.2) is 34.1 Å². The quantitative estimate of drug-likeness (QED) is 0.839. The van der Waals surface area contributed by atoms with Crippen LogP contribution in [0.25, 0.3) is 11.1 Å². The number of fused-ring (bicyclic) bond motifs is 1. The van der Waals surface area contributed by atoms with Gasteiger partial charge >= 0.3 is 0 Å². The summed E-state index contributed by atoms with van der Waals surface area (Å²) in [6, 6.07) is 5.38. The van der Waals surface area contributed by atoms with Crippen LogP contribution in [0.1, 0.15) is 5.56 Å². The Morgan fingerprint density at radius 3 is 2.70 bits per heavy atom. The summed E-state index contributed by atoms with van der Waals surface area (Å²) in [5.74, 6) is 1.10.